The summed E-state index contributed by atoms with van der Waals surface area (Å²) in [5, 5.41) is 0. The lowest BCUT2D eigenvalue weighted by molar-refractivity contribution is -0.188. The Morgan fingerprint density at radius 3 is 1.19 bits per heavy atom. The summed E-state index contributed by atoms with van der Waals surface area (Å²) in [5.41, 5.74) is -2.22. The molecule has 3 aliphatic heterocycles. The zero-order valence-electron chi connectivity index (χ0n) is 35.3. The van der Waals surface area contributed by atoms with Gasteiger partial charge in [0.2, 0.25) is 0 Å². The zero-order valence-corrected chi connectivity index (χ0v) is 35.3. The Morgan fingerprint density at radius 1 is 0.558 bits per heavy atom. The first-order valence-electron chi connectivity index (χ1n) is 19.5. The van der Waals surface area contributed by atoms with Crippen molar-refractivity contribution in [2.45, 2.75) is 192 Å². The Bertz CT molecular complexity index is 1340. The van der Waals surface area contributed by atoms with Crippen LogP contribution in [0, 0.1) is 5.41 Å². The molecule has 9 heteroatoms. The van der Waals surface area contributed by atoms with Crippen LogP contribution in [0.3, 0.4) is 0 Å². The summed E-state index contributed by atoms with van der Waals surface area (Å²) in [6.07, 6.45) is 2.66. The molecule has 0 aromatic heterocycles. The van der Waals surface area contributed by atoms with Gasteiger partial charge >= 0.3 is 17.9 Å². The van der Waals surface area contributed by atoms with E-state index < -0.39 is 35.5 Å². The van der Waals surface area contributed by atoms with Crippen LogP contribution in [0.15, 0.2) is 30.3 Å². The van der Waals surface area contributed by atoms with Gasteiger partial charge in [0.1, 0.15) is 18.3 Å². The predicted octanol–water partition coefficient (Wildman–Crippen LogP) is 7.58. The molecule has 0 N–H and O–H groups in total. The number of nitrogens with zero attached hydrogens (tertiary/aromatic N) is 3. The van der Waals surface area contributed by atoms with E-state index in [-0.39, 0.29) is 58.6 Å². The molecule has 3 fully saturated rings. The highest BCUT2D eigenvalue weighted by molar-refractivity contribution is 6.01. The van der Waals surface area contributed by atoms with Crippen LogP contribution in [0.2, 0.25) is 0 Å². The van der Waals surface area contributed by atoms with Crippen LogP contribution in [0.4, 0.5) is 0 Å². The van der Waals surface area contributed by atoms with Gasteiger partial charge in [0, 0.05) is 78.2 Å². The van der Waals surface area contributed by atoms with Crippen LogP contribution in [-0.4, -0.2) is 105 Å². The van der Waals surface area contributed by atoms with Gasteiger partial charge < -0.3 is 14.2 Å². The molecule has 0 aliphatic carbocycles. The van der Waals surface area contributed by atoms with E-state index in [9.17, 15) is 14.4 Å². The fourth-order valence-electron chi connectivity index (χ4n) is 9.64. The monoisotopic (exact) mass is 726 g/mol. The van der Waals surface area contributed by atoms with Gasteiger partial charge in [0.15, 0.2) is 5.41 Å². The second-order valence-corrected chi connectivity index (χ2v) is 20.2. The molecular formula is C43H71N3O6. The molecule has 9 nitrogen and oxygen atoms in total. The van der Waals surface area contributed by atoms with Crippen molar-refractivity contribution < 1.29 is 28.6 Å². The SMILES string of the molecule is CN1C(C)(C)CC(OC(=O)CCC(Cc2ccccc2)(C(=O)OC2CC(C)(C)N(C)C(C)(C)C2)C(=O)OC2CC(C)(C)N(C)C(C)(C)C2)CC1(C)C. The summed E-state index contributed by atoms with van der Waals surface area (Å²) in [5.74, 6) is -1.66. The summed E-state index contributed by atoms with van der Waals surface area (Å²) in [6.45, 7) is 25.9. The maximum Gasteiger partial charge on any atom is 0.324 e. The van der Waals surface area contributed by atoms with E-state index in [1.807, 2.05) is 30.3 Å². The number of hydrogen-bond donors (Lipinski definition) is 0. The Morgan fingerprint density at radius 2 is 0.865 bits per heavy atom. The van der Waals surface area contributed by atoms with E-state index in [2.05, 4.69) is 119 Å². The number of carbonyl (C=O) groups excluding carboxylic acids is 3. The number of benzene rings is 1. The lowest BCUT2D eigenvalue weighted by Gasteiger charge is -2.53. The molecule has 3 heterocycles. The minimum Gasteiger partial charge on any atom is -0.462 e. The van der Waals surface area contributed by atoms with E-state index in [0.717, 1.165) is 5.56 Å². The molecule has 0 radical (unpaired) electrons. The molecule has 0 saturated carbocycles. The van der Waals surface area contributed by atoms with Gasteiger partial charge in [-0.25, -0.2) is 0 Å². The second-order valence-electron chi connectivity index (χ2n) is 20.2. The van der Waals surface area contributed by atoms with Crippen LogP contribution >= 0.6 is 0 Å². The third kappa shape index (κ3) is 9.06. The van der Waals surface area contributed by atoms with E-state index >= 15 is 0 Å². The molecule has 0 atom stereocenters. The summed E-state index contributed by atoms with van der Waals surface area (Å²) < 4.78 is 19.1. The third-order valence-corrected chi connectivity index (χ3v) is 13.5. The normalized spacial score (nSPS) is 25.3. The average molecular weight is 726 g/mol. The fourth-order valence-corrected chi connectivity index (χ4v) is 9.64. The number of rotatable bonds is 10. The molecule has 3 saturated heterocycles. The van der Waals surface area contributed by atoms with Crippen LogP contribution in [-0.2, 0) is 35.0 Å². The Labute approximate surface area is 315 Å². The van der Waals surface area contributed by atoms with E-state index in [1.165, 1.54) is 0 Å². The smallest absolute Gasteiger partial charge is 0.324 e. The molecule has 0 amide bonds. The molecule has 0 unspecified atom stereocenters. The molecule has 0 bridgehead atoms. The van der Waals surface area contributed by atoms with E-state index in [0.29, 0.717) is 38.5 Å². The molecule has 3 aliphatic rings. The van der Waals surface area contributed by atoms with Gasteiger partial charge in [0.05, 0.1) is 0 Å². The standard InChI is InChI=1S/C43H71N3O6/c1-37(2)24-31(25-38(3,4)44(37)13)50-34(47)21-22-43(23-30-19-17-16-18-20-30,35(48)51-32-26-39(5,6)45(14)40(7,8)27-32)36(49)52-33-28-41(9,10)46(15)42(11,12)29-33/h16-20,31-33H,21-29H2,1-15H3. The Balaban J connectivity index is 1.70. The first-order valence-corrected chi connectivity index (χ1v) is 19.5. The quantitative estimate of drug-likeness (QED) is 0.138. The molecule has 4 rings (SSSR count). The van der Waals surface area contributed by atoms with Crippen LogP contribution < -0.4 is 0 Å². The summed E-state index contributed by atoms with van der Waals surface area (Å²) in [6, 6.07) is 9.55. The minimum atomic E-state index is -1.75. The maximum atomic E-state index is 14.9. The van der Waals surface area contributed by atoms with Gasteiger partial charge in [-0.05, 0) is 123 Å². The molecule has 52 heavy (non-hydrogen) atoms. The Hall–Kier alpha value is -2.49. The van der Waals surface area contributed by atoms with Gasteiger partial charge in [-0.3, -0.25) is 29.1 Å². The van der Waals surface area contributed by atoms with Gasteiger partial charge in [0.25, 0.3) is 0 Å². The van der Waals surface area contributed by atoms with Crippen LogP contribution in [0.5, 0.6) is 0 Å². The second kappa shape index (κ2) is 14.6. The topological polar surface area (TPSA) is 88.6 Å². The minimum absolute atomic E-state index is 0.0614. The molecule has 1 aromatic rings. The third-order valence-electron chi connectivity index (χ3n) is 13.5. The maximum absolute atomic E-state index is 14.9. The summed E-state index contributed by atoms with van der Waals surface area (Å²) in [7, 11) is 6.34. The Kier molecular flexibility index (Phi) is 11.9. The van der Waals surface area contributed by atoms with E-state index in [1.54, 1.807) is 0 Å². The number of piperidine rings is 3. The van der Waals surface area contributed by atoms with Crippen LogP contribution in [0.1, 0.15) is 140 Å². The van der Waals surface area contributed by atoms with Crippen molar-refractivity contribution in [1.82, 2.24) is 14.7 Å². The number of ether oxygens (including phenoxy) is 3. The van der Waals surface area contributed by atoms with Crippen molar-refractivity contribution in [3.63, 3.8) is 0 Å². The van der Waals surface area contributed by atoms with Gasteiger partial charge in [-0.1, -0.05) is 30.3 Å². The van der Waals surface area contributed by atoms with Crippen molar-refractivity contribution in [2.75, 3.05) is 21.1 Å². The van der Waals surface area contributed by atoms with Crippen LogP contribution in [0.25, 0.3) is 0 Å². The first-order chi connectivity index (χ1) is 23.6. The lowest BCUT2D eigenvalue weighted by atomic mass is 9.75. The summed E-state index contributed by atoms with van der Waals surface area (Å²) >= 11 is 0. The van der Waals surface area contributed by atoms with Crippen molar-refractivity contribution in [2.24, 2.45) is 5.41 Å². The highest BCUT2D eigenvalue weighted by Gasteiger charge is 2.54. The summed E-state index contributed by atoms with van der Waals surface area (Å²) in [4.78, 5) is 50.7. The van der Waals surface area contributed by atoms with Crippen molar-refractivity contribution in [3.05, 3.63) is 35.9 Å². The van der Waals surface area contributed by atoms with Crippen molar-refractivity contribution in [1.29, 1.82) is 0 Å². The fraction of sp³-hybridized carbons (Fsp3) is 0.791. The van der Waals surface area contributed by atoms with Gasteiger partial charge in [-0.15, -0.1) is 0 Å². The number of hydrogen-bond acceptors (Lipinski definition) is 9. The first kappa shape index (κ1) is 42.3. The molecule has 0 spiro atoms. The lowest BCUT2D eigenvalue weighted by Crippen LogP contribution is -2.61. The number of likely N-dealkylation sites (tertiary alicyclic amines) is 3. The number of carbonyl (C=O) groups is 3. The highest BCUT2D eigenvalue weighted by atomic mass is 16.6. The highest BCUT2D eigenvalue weighted by Crippen LogP contribution is 2.44. The van der Waals surface area contributed by atoms with Gasteiger partial charge in [-0.2, -0.15) is 0 Å². The van der Waals surface area contributed by atoms with Crippen molar-refractivity contribution >= 4 is 17.9 Å². The largest absolute Gasteiger partial charge is 0.462 e. The molecule has 1 aromatic carbocycles. The van der Waals surface area contributed by atoms with E-state index in [4.69, 9.17) is 14.2 Å². The molecule has 294 valence electrons. The average Bonchev–Trinajstić information content (AvgIpc) is 2.99. The number of esters is 3. The van der Waals surface area contributed by atoms with Crippen molar-refractivity contribution in [3.8, 4) is 0 Å². The zero-order chi connectivity index (χ0) is 39.3. The molecular weight excluding hydrogens is 654 g/mol. The predicted molar refractivity (Wildman–Crippen MR) is 207 cm³/mol.